The molecule has 0 bridgehead atoms. The molecule has 1 aromatic rings. The zero-order chi connectivity index (χ0) is 8.10. The summed E-state index contributed by atoms with van der Waals surface area (Å²) >= 11 is 1.37. The smallest absolute Gasteiger partial charge is 0.118 e. The molecule has 0 fully saturated rings. The molecule has 0 aliphatic rings. The summed E-state index contributed by atoms with van der Waals surface area (Å²) in [6.07, 6.45) is 0. The van der Waals surface area contributed by atoms with E-state index in [1.807, 2.05) is 24.3 Å². The van der Waals surface area contributed by atoms with Gasteiger partial charge in [-0.05, 0) is 36.2 Å². The van der Waals surface area contributed by atoms with E-state index in [0.29, 0.717) is 0 Å². The number of nitrogens with two attached hydrogens (primary N) is 1. The van der Waals surface area contributed by atoms with E-state index in [2.05, 4.69) is 4.83 Å². The Hall–Kier alpha value is -0.710. The van der Waals surface area contributed by atoms with Gasteiger partial charge in [-0.1, -0.05) is 0 Å². The van der Waals surface area contributed by atoms with Crippen molar-refractivity contribution in [1.82, 2.24) is 4.83 Å². The summed E-state index contributed by atoms with van der Waals surface area (Å²) in [5.41, 5.74) is 0. The van der Waals surface area contributed by atoms with Crippen LogP contribution in [0.1, 0.15) is 0 Å². The van der Waals surface area contributed by atoms with Crippen molar-refractivity contribution in [2.45, 2.75) is 4.90 Å². The Balaban J connectivity index is 2.66. The molecule has 1 rings (SSSR count). The van der Waals surface area contributed by atoms with E-state index in [-0.39, 0.29) is 0 Å². The van der Waals surface area contributed by atoms with Gasteiger partial charge in [0.25, 0.3) is 0 Å². The maximum Gasteiger partial charge on any atom is 0.118 e. The number of methoxy groups -OCH3 is 1. The van der Waals surface area contributed by atoms with Crippen LogP contribution in [0.15, 0.2) is 29.2 Å². The summed E-state index contributed by atoms with van der Waals surface area (Å²) in [5.74, 6) is 5.97. The molecule has 1 aromatic carbocycles. The molecule has 0 unspecified atom stereocenters. The molecular weight excluding hydrogens is 160 g/mol. The molecule has 3 nitrogen and oxygen atoms in total. The first-order valence-electron chi connectivity index (χ1n) is 3.13. The van der Waals surface area contributed by atoms with Gasteiger partial charge in [-0.25, -0.2) is 0 Å². The highest BCUT2D eigenvalue weighted by atomic mass is 32.2. The Morgan fingerprint density at radius 1 is 1.36 bits per heavy atom. The molecule has 0 aliphatic heterocycles. The summed E-state index contributed by atoms with van der Waals surface area (Å²) in [4.78, 5) is 3.56. The fraction of sp³-hybridized carbons (Fsp3) is 0.143. The van der Waals surface area contributed by atoms with Gasteiger partial charge in [0, 0.05) is 4.90 Å². The SMILES string of the molecule is COc1ccc(SNN)cc1. The van der Waals surface area contributed by atoms with Gasteiger partial charge in [0.2, 0.25) is 0 Å². The Bertz CT molecular complexity index is 212. The normalized spacial score (nSPS) is 9.64. The first kappa shape index (κ1) is 8.39. The van der Waals surface area contributed by atoms with E-state index in [1.165, 1.54) is 11.9 Å². The number of benzene rings is 1. The minimum Gasteiger partial charge on any atom is -0.497 e. The number of rotatable bonds is 3. The summed E-state index contributed by atoms with van der Waals surface area (Å²) < 4.78 is 4.99. The largest absolute Gasteiger partial charge is 0.497 e. The number of hydrazine groups is 1. The predicted octanol–water partition coefficient (Wildman–Crippen LogP) is 1.17. The van der Waals surface area contributed by atoms with Crippen LogP contribution in [-0.4, -0.2) is 7.11 Å². The molecule has 0 heterocycles. The minimum atomic E-state index is 0.853. The van der Waals surface area contributed by atoms with Crippen LogP contribution in [0.25, 0.3) is 0 Å². The summed E-state index contributed by atoms with van der Waals surface area (Å²) in [5, 5.41) is 0. The van der Waals surface area contributed by atoms with Gasteiger partial charge >= 0.3 is 0 Å². The second-order valence-corrected chi connectivity index (χ2v) is 2.81. The number of nitrogens with one attached hydrogen (secondary N) is 1. The van der Waals surface area contributed by atoms with Crippen molar-refractivity contribution < 1.29 is 4.74 Å². The monoisotopic (exact) mass is 170 g/mol. The van der Waals surface area contributed by atoms with E-state index < -0.39 is 0 Å². The van der Waals surface area contributed by atoms with E-state index in [0.717, 1.165) is 10.6 Å². The lowest BCUT2D eigenvalue weighted by Crippen LogP contribution is -2.10. The molecule has 11 heavy (non-hydrogen) atoms. The highest BCUT2D eigenvalue weighted by Crippen LogP contribution is 2.17. The van der Waals surface area contributed by atoms with Crippen molar-refractivity contribution in [3.8, 4) is 5.75 Å². The Morgan fingerprint density at radius 2 is 2.00 bits per heavy atom. The Labute approximate surface area is 70.0 Å². The molecular formula is C7H10N2OS. The summed E-state index contributed by atoms with van der Waals surface area (Å²) in [7, 11) is 1.64. The first-order chi connectivity index (χ1) is 5.36. The standard InChI is InChI=1S/C7H10N2OS/c1-10-6-2-4-7(5-3-6)11-9-8/h2-5,9H,8H2,1H3. The van der Waals surface area contributed by atoms with Crippen molar-refractivity contribution >= 4 is 11.9 Å². The van der Waals surface area contributed by atoms with Crippen LogP contribution in [0, 0.1) is 0 Å². The fourth-order valence-corrected chi connectivity index (χ4v) is 1.12. The van der Waals surface area contributed by atoms with Gasteiger partial charge in [0.15, 0.2) is 0 Å². The molecule has 3 N–H and O–H groups in total. The quantitative estimate of drug-likeness (QED) is 0.406. The second kappa shape index (κ2) is 4.23. The lowest BCUT2D eigenvalue weighted by molar-refractivity contribution is 0.414. The molecule has 0 aliphatic carbocycles. The summed E-state index contributed by atoms with van der Waals surface area (Å²) in [6, 6.07) is 7.64. The van der Waals surface area contributed by atoms with Crippen molar-refractivity contribution in [2.24, 2.45) is 5.84 Å². The lowest BCUT2D eigenvalue weighted by Gasteiger charge is -2.00. The molecule has 0 amide bonds. The molecule has 4 heteroatoms. The van der Waals surface area contributed by atoms with Crippen molar-refractivity contribution in [3.05, 3.63) is 24.3 Å². The lowest BCUT2D eigenvalue weighted by atomic mass is 10.3. The second-order valence-electron chi connectivity index (χ2n) is 1.90. The van der Waals surface area contributed by atoms with E-state index in [1.54, 1.807) is 7.11 Å². The Morgan fingerprint density at radius 3 is 2.45 bits per heavy atom. The van der Waals surface area contributed by atoms with E-state index in [9.17, 15) is 0 Å². The van der Waals surface area contributed by atoms with Gasteiger partial charge in [-0.2, -0.15) is 4.83 Å². The van der Waals surface area contributed by atoms with E-state index >= 15 is 0 Å². The molecule has 0 aromatic heterocycles. The topological polar surface area (TPSA) is 47.3 Å². The van der Waals surface area contributed by atoms with Crippen LogP contribution >= 0.6 is 11.9 Å². The molecule has 0 saturated carbocycles. The van der Waals surface area contributed by atoms with Gasteiger partial charge in [-0.3, -0.25) is 5.84 Å². The van der Waals surface area contributed by atoms with Crippen LogP contribution in [-0.2, 0) is 0 Å². The van der Waals surface area contributed by atoms with Crippen molar-refractivity contribution in [2.75, 3.05) is 7.11 Å². The van der Waals surface area contributed by atoms with E-state index in [4.69, 9.17) is 10.6 Å². The zero-order valence-electron chi connectivity index (χ0n) is 6.20. The maximum absolute atomic E-state index is 5.11. The van der Waals surface area contributed by atoms with Crippen LogP contribution in [0.2, 0.25) is 0 Å². The molecule has 0 radical (unpaired) electrons. The predicted molar refractivity (Wildman–Crippen MR) is 46.2 cm³/mol. The average molecular weight is 170 g/mol. The molecule has 0 atom stereocenters. The highest BCUT2D eigenvalue weighted by molar-refractivity contribution is 7.97. The number of ether oxygens (including phenoxy) is 1. The van der Waals surface area contributed by atoms with Gasteiger partial charge in [0.1, 0.15) is 5.75 Å². The summed E-state index contributed by atoms with van der Waals surface area (Å²) in [6.45, 7) is 0. The first-order valence-corrected chi connectivity index (χ1v) is 3.95. The molecule has 0 saturated heterocycles. The number of hydrogen-bond acceptors (Lipinski definition) is 4. The van der Waals surface area contributed by atoms with Crippen LogP contribution in [0.5, 0.6) is 5.75 Å². The fourth-order valence-electron chi connectivity index (χ4n) is 0.712. The average Bonchev–Trinajstić information content (AvgIpc) is 2.07. The van der Waals surface area contributed by atoms with Crippen LogP contribution < -0.4 is 15.4 Å². The molecule has 0 spiro atoms. The van der Waals surface area contributed by atoms with Gasteiger partial charge in [-0.15, -0.1) is 0 Å². The van der Waals surface area contributed by atoms with Crippen LogP contribution in [0.4, 0.5) is 0 Å². The third-order valence-electron chi connectivity index (χ3n) is 1.24. The zero-order valence-corrected chi connectivity index (χ0v) is 7.02. The third kappa shape index (κ3) is 2.42. The van der Waals surface area contributed by atoms with Gasteiger partial charge in [0.05, 0.1) is 7.11 Å². The van der Waals surface area contributed by atoms with Crippen LogP contribution in [0.3, 0.4) is 0 Å². The number of hydrogen-bond donors (Lipinski definition) is 2. The maximum atomic E-state index is 5.11. The van der Waals surface area contributed by atoms with Gasteiger partial charge < -0.3 is 4.74 Å². The Kier molecular flexibility index (Phi) is 3.22. The highest BCUT2D eigenvalue weighted by Gasteiger charge is 1.91. The third-order valence-corrected chi connectivity index (χ3v) is 1.86. The van der Waals surface area contributed by atoms with Crippen molar-refractivity contribution in [1.29, 1.82) is 0 Å². The van der Waals surface area contributed by atoms with Crippen molar-refractivity contribution in [3.63, 3.8) is 0 Å². The molecule has 60 valence electrons. The minimum absolute atomic E-state index is 0.853.